The van der Waals surface area contributed by atoms with Crippen molar-refractivity contribution in [3.63, 3.8) is 0 Å². The molecule has 6 aromatic rings. The van der Waals surface area contributed by atoms with Crippen molar-refractivity contribution in [3.8, 4) is 28.4 Å². The van der Waals surface area contributed by atoms with Crippen LogP contribution in [0.5, 0.6) is 5.75 Å². The topological polar surface area (TPSA) is 106 Å². The molecule has 2 heterocycles. The minimum absolute atomic E-state index is 0.314. The summed E-state index contributed by atoms with van der Waals surface area (Å²) >= 11 is 1.32. The number of hydrogen-bond acceptors (Lipinski definition) is 7. The number of amides is 1. The predicted molar refractivity (Wildman–Crippen MR) is 161 cm³/mol. The summed E-state index contributed by atoms with van der Waals surface area (Å²) in [6.45, 7) is 1.79. The minimum Gasteiger partial charge on any atom is -0.497 e. The third-order valence-corrected chi connectivity index (χ3v) is 7.53. The molecule has 1 unspecified atom stereocenters. The van der Waals surface area contributed by atoms with Gasteiger partial charge in [0.05, 0.1) is 29.4 Å². The van der Waals surface area contributed by atoms with Crippen LogP contribution < -0.4 is 10.1 Å². The summed E-state index contributed by atoms with van der Waals surface area (Å²) in [5.74, 6) is 0.408. The van der Waals surface area contributed by atoms with E-state index in [1.807, 2.05) is 47.8 Å². The van der Waals surface area contributed by atoms with Gasteiger partial charge in [-0.05, 0) is 65.7 Å². The first-order valence-electron chi connectivity index (χ1n) is 13.1. The maximum atomic E-state index is 13.0. The number of nitrogens with one attached hydrogen (secondary N) is 2. The molecule has 1 atom stereocenters. The Labute approximate surface area is 240 Å². The third-order valence-electron chi connectivity index (χ3n) is 6.77. The van der Waals surface area contributed by atoms with Crippen molar-refractivity contribution in [2.45, 2.75) is 19.4 Å². The van der Waals surface area contributed by atoms with Gasteiger partial charge in [-0.1, -0.05) is 43.3 Å². The van der Waals surface area contributed by atoms with E-state index in [9.17, 15) is 9.59 Å². The van der Waals surface area contributed by atoms with E-state index in [1.54, 1.807) is 32.2 Å². The van der Waals surface area contributed by atoms with E-state index < -0.39 is 18.0 Å². The Morgan fingerprint density at radius 3 is 2.49 bits per heavy atom. The molecule has 1 amide bonds. The standard InChI is InChI=1S/C32H26N4O4S/c1-3-28(30(37)36-32-35-27(18-41-32)22-9-8-19-6-4-5-7-21(19)16-22)40-31(38)23-12-15-25-26(17-23)34-29(33-25)20-10-13-24(39-2)14-11-20/h4-18,28H,3H2,1-2H3,(H,33,34)(H,35,36,37). The van der Waals surface area contributed by atoms with Crippen molar-refractivity contribution in [3.05, 3.63) is 95.9 Å². The van der Waals surface area contributed by atoms with Crippen molar-refractivity contribution in [1.29, 1.82) is 0 Å². The second-order valence-electron chi connectivity index (χ2n) is 9.44. The van der Waals surface area contributed by atoms with E-state index in [1.165, 1.54) is 11.3 Å². The Morgan fingerprint density at radius 2 is 1.71 bits per heavy atom. The van der Waals surface area contributed by atoms with Crippen molar-refractivity contribution in [1.82, 2.24) is 15.0 Å². The number of hydrogen-bond donors (Lipinski definition) is 2. The number of methoxy groups -OCH3 is 1. The summed E-state index contributed by atoms with van der Waals surface area (Å²) in [5, 5.41) is 7.41. The fraction of sp³-hybridized carbons (Fsp3) is 0.125. The van der Waals surface area contributed by atoms with Crippen LogP contribution in [0.3, 0.4) is 0 Å². The molecule has 9 heteroatoms. The summed E-state index contributed by atoms with van der Waals surface area (Å²) in [5.41, 5.74) is 4.34. The number of nitrogens with zero attached hydrogens (tertiary/aromatic N) is 2. The molecule has 0 aliphatic heterocycles. The molecule has 41 heavy (non-hydrogen) atoms. The lowest BCUT2D eigenvalue weighted by molar-refractivity contribution is -0.124. The molecule has 2 N–H and O–H groups in total. The van der Waals surface area contributed by atoms with Crippen LogP contribution >= 0.6 is 11.3 Å². The van der Waals surface area contributed by atoms with Gasteiger partial charge in [0, 0.05) is 16.5 Å². The number of aromatic amines is 1. The van der Waals surface area contributed by atoms with E-state index in [0.717, 1.165) is 33.3 Å². The quantitative estimate of drug-likeness (QED) is 0.192. The van der Waals surface area contributed by atoms with Gasteiger partial charge in [-0.25, -0.2) is 14.8 Å². The zero-order valence-corrected chi connectivity index (χ0v) is 23.2. The average molecular weight is 563 g/mol. The molecule has 204 valence electrons. The van der Waals surface area contributed by atoms with E-state index in [2.05, 4.69) is 44.5 Å². The molecule has 8 nitrogen and oxygen atoms in total. The zero-order valence-electron chi connectivity index (χ0n) is 22.4. The lowest BCUT2D eigenvalue weighted by Crippen LogP contribution is -2.32. The second kappa shape index (κ2) is 11.2. The van der Waals surface area contributed by atoms with E-state index >= 15 is 0 Å². The smallest absolute Gasteiger partial charge is 0.338 e. The molecule has 0 aliphatic carbocycles. The van der Waals surface area contributed by atoms with Gasteiger partial charge in [0.15, 0.2) is 11.2 Å². The normalized spacial score (nSPS) is 11.9. The Hall–Kier alpha value is -5.02. The highest BCUT2D eigenvalue weighted by Gasteiger charge is 2.23. The summed E-state index contributed by atoms with van der Waals surface area (Å²) < 4.78 is 10.8. The molecule has 0 aliphatic rings. The van der Waals surface area contributed by atoms with Crippen LogP contribution in [0.2, 0.25) is 0 Å². The van der Waals surface area contributed by atoms with Crippen molar-refractivity contribution >= 4 is 50.2 Å². The van der Waals surface area contributed by atoms with E-state index in [0.29, 0.717) is 34.0 Å². The fourth-order valence-corrected chi connectivity index (χ4v) is 5.26. The lowest BCUT2D eigenvalue weighted by atomic mass is 10.1. The van der Waals surface area contributed by atoms with Gasteiger partial charge in [-0.3, -0.25) is 10.1 Å². The molecule has 6 rings (SSSR count). The first kappa shape index (κ1) is 26.2. The number of esters is 1. The Kier molecular flexibility index (Phi) is 7.18. The lowest BCUT2D eigenvalue weighted by Gasteiger charge is -2.15. The van der Waals surface area contributed by atoms with Crippen LogP contribution in [0.4, 0.5) is 5.13 Å². The maximum Gasteiger partial charge on any atom is 0.338 e. The van der Waals surface area contributed by atoms with Crippen LogP contribution in [-0.2, 0) is 9.53 Å². The number of carbonyl (C=O) groups is 2. The highest BCUT2D eigenvalue weighted by molar-refractivity contribution is 7.14. The Balaban J connectivity index is 1.13. The number of carbonyl (C=O) groups excluding carboxylic acids is 2. The average Bonchev–Trinajstić information content (AvgIpc) is 3.66. The third kappa shape index (κ3) is 5.53. The summed E-state index contributed by atoms with van der Waals surface area (Å²) in [4.78, 5) is 38.4. The van der Waals surface area contributed by atoms with E-state index in [-0.39, 0.29) is 0 Å². The van der Waals surface area contributed by atoms with Crippen LogP contribution in [0.1, 0.15) is 23.7 Å². The fourth-order valence-electron chi connectivity index (χ4n) is 4.54. The number of benzene rings is 4. The first-order chi connectivity index (χ1) is 20.0. The van der Waals surface area contributed by atoms with Gasteiger partial charge in [0.1, 0.15) is 11.6 Å². The van der Waals surface area contributed by atoms with Crippen molar-refractivity contribution in [2.24, 2.45) is 0 Å². The molecule has 0 saturated heterocycles. The van der Waals surface area contributed by atoms with Gasteiger partial charge in [-0.2, -0.15) is 0 Å². The number of thiazole rings is 1. The van der Waals surface area contributed by atoms with Gasteiger partial charge in [-0.15, -0.1) is 11.3 Å². The second-order valence-corrected chi connectivity index (χ2v) is 10.3. The number of H-pyrrole nitrogens is 1. The van der Waals surface area contributed by atoms with Crippen LogP contribution in [0.25, 0.3) is 44.5 Å². The number of rotatable bonds is 8. The number of anilines is 1. The molecule has 4 aromatic carbocycles. The highest BCUT2D eigenvalue weighted by Crippen LogP contribution is 2.28. The summed E-state index contributed by atoms with van der Waals surface area (Å²) in [7, 11) is 1.62. The van der Waals surface area contributed by atoms with Gasteiger partial charge in [0.25, 0.3) is 5.91 Å². The molecule has 0 saturated carbocycles. The Morgan fingerprint density at radius 1 is 0.927 bits per heavy atom. The molecule has 0 fully saturated rings. The summed E-state index contributed by atoms with van der Waals surface area (Å²) in [6, 6.07) is 26.9. The molecule has 0 bridgehead atoms. The van der Waals surface area contributed by atoms with Crippen LogP contribution in [-0.4, -0.2) is 40.0 Å². The maximum absolute atomic E-state index is 13.0. The zero-order chi connectivity index (χ0) is 28.3. The van der Waals surface area contributed by atoms with Crippen molar-refractivity contribution < 1.29 is 19.1 Å². The highest BCUT2D eigenvalue weighted by atomic mass is 32.1. The largest absolute Gasteiger partial charge is 0.497 e. The van der Waals surface area contributed by atoms with E-state index in [4.69, 9.17) is 9.47 Å². The van der Waals surface area contributed by atoms with Crippen LogP contribution in [0.15, 0.2) is 90.3 Å². The molecule has 0 spiro atoms. The summed E-state index contributed by atoms with van der Waals surface area (Å²) in [6.07, 6.45) is -0.656. The van der Waals surface area contributed by atoms with Crippen LogP contribution in [0, 0.1) is 0 Å². The number of imidazole rings is 1. The molecule has 2 aromatic heterocycles. The number of aromatic nitrogens is 3. The predicted octanol–water partition coefficient (Wildman–Crippen LogP) is 7.09. The number of ether oxygens (including phenoxy) is 2. The minimum atomic E-state index is -0.970. The van der Waals surface area contributed by atoms with Crippen molar-refractivity contribution in [2.75, 3.05) is 12.4 Å². The molecule has 0 radical (unpaired) electrons. The van der Waals surface area contributed by atoms with Gasteiger partial charge in [0.2, 0.25) is 0 Å². The monoisotopic (exact) mass is 562 g/mol. The van der Waals surface area contributed by atoms with Gasteiger partial charge >= 0.3 is 5.97 Å². The molecular formula is C32H26N4O4S. The first-order valence-corrected chi connectivity index (χ1v) is 14.0. The van der Waals surface area contributed by atoms with Gasteiger partial charge < -0.3 is 14.5 Å². The Bertz CT molecular complexity index is 1880. The molecular weight excluding hydrogens is 536 g/mol. The SMILES string of the molecule is CCC(OC(=O)c1ccc2nc(-c3ccc(OC)cc3)[nH]c2c1)C(=O)Nc1nc(-c2ccc3ccccc3c2)cs1. The number of fused-ring (bicyclic) bond motifs is 2.